The molecule has 0 unspecified atom stereocenters. The van der Waals surface area contributed by atoms with Crippen molar-refractivity contribution in [2.45, 2.75) is 18.1 Å². The summed E-state index contributed by atoms with van der Waals surface area (Å²) in [7, 11) is 1.57. The number of hydrogen-bond acceptors (Lipinski definition) is 2. The number of benzene rings is 1. The molecule has 19 heavy (non-hydrogen) atoms. The van der Waals surface area contributed by atoms with E-state index in [-0.39, 0.29) is 17.5 Å². The fourth-order valence-electron chi connectivity index (χ4n) is 3.07. The number of nitrogens with one attached hydrogen (secondary N) is 1. The van der Waals surface area contributed by atoms with Gasteiger partial charge < -0.3 is 10.2 Å². The van der Waals surface area contributed by atoms with Crippen LogP contribution < -0.4 is 5.32 Å². The first-order valence-corrected chi connectivity index (χ1v) is 6.09. The Hall–Kier alpha value is -1.56. The highest BCUT2D eigenvalue weighted by molar-refractivity contribution is 5.99. The maximum Gasteiger partial charge on any atom is 0.417 e. The van der Waals surface area contributed by atoms with Crippen LogP contribution in [0.2, 0.25) is 0 Å². The zero-order valence-electron chi connectivity index (χ0n) is 10.3. The molecule has 6 heteroatoms. The van der Waals surface area contributed by atoms with Gasteiger partial charge in [-0.2, -0.15) is 13.2 Å². The first kappa shape index (κ1) is 12.5. The van der Waals surface area contributed by atoms with Crippen LogP contribution in [0, 0.1) is 0 Å². The van der Waals surface area contributed by atoms with Crippen LogP contribution in [-0.2, 0) is 6.18 Å². The Bertz CT molecular complexity index is 541. The summed E-state index contributed by atoms with van der Waals surface area (Å²) in [6, 6.07) is 3.95. The van der Waals surface area contributed by atoms with Gasteiger partial charge in [-0.1, -0.05) is 12.1 Å². The summed E-state index contributed by atoms with van der Waals surface area (Å²) in [5.41, 5.74) is -0.484. The summed E-state index contributed by atoms with van der Waals surface area (Å²) < 4.78 is 39.1. The lowest BCUT2D eigenvalue weighted by atomic mass is 9.83. The quantitative estimate of drug-likeness (QED) is 0.780. The minimum Gasteiger partial charge on any atom is -0.337 e. The van der Waals surface area contributed by atoms with Crippen molar-refractivity contribution in [3.05, 3.63) is 34.9 Å². The minimum absolute atomic E-state index is 0.0523. The summed E-state index contributed by atoms with van der Waals surface area (Å²) >= 11 is 0. The number of rotatable bonds is 0. The Balaban J connectivity index is 2.22. The Morgan fingerprint density at radius 2 is 2.05 bits per heavy atom. The maximum atomic E-state index is 13.0. The number of halogens is 3. The van der Waals surface area contributed by atoms with Crippen LogP contribution in [0.4, 0.5) is 13.2 Å². The van der Waals surface area contributed by atoms with E-state index in [0.29, 0.717) is 18.7 Å². The molecule has 0 aliphatic carbocycles. The number of carbonyl (C=O) groups excluding carboxylic acids is 1. The highest BCUT2D eigenvalue weighted by Gasteiger charge is 2.45. The van der Waals surface area contributed by atoms with Crippen LogP contribution in [0.5, 0.6) is 0 Å². The fourth-order valence-corrected chi connectivity index (χ4v) is 3.07. The van der Waals surface area contributed by atoms with Crippen molar-refractivity contribution in [3.8, 4) is 0 Å². The van der Waals surface area contributed by atoms with Crippen LogP contribution in [0.25, 0.3) is 0 Å². The van der Waals surface area contributed by atoms with Gasteiger partial charge in [0.1, 0.15) is 0 Å². The molecule has 1 saturated heterocycles. The SMILES string of the molecule is CN1C(=O)c2c(cccc2C(F)(F)F)[C@H]2CNC[C@@H]21. The molecule has 1 N–H and O–H groups in total. The molecule has 0 radical (unpaired) electrons. The Labute approximate surface area is 108 Å². The lowest BCUT2D eigenvalue weighted by Crippen LogP contribution is -2.46. The highest BCUT2D eigenvalue weighted by Crippen LogP contribution is 2.41. The largest absolute Gasteiger partial charge is 0.417 e. The van der Waals surface area contributed by atoms with E-state index in [4.69, 9.17) is 0 Å². The second-order valence-corrected chi connectivity index (χ2v) is 5.02. The molecular formula is C13H13F3N2O. The molecule has 102 valence electrons. The summed E-state index contributed by atoms with van der Waals surface area (Å²) in [4.78, 5) is 13.7. The van der Waals surface area contributed by atoms with Crippen LogP contribution >= 0.6 is 0 Å². The lowest BCUT2D eigenvalue weighted by molar-refractivity contribution is -0.138. The molecule has 3 rings (SSSR count). The van der Waals surface area contributed by atoms with Gasteiger partial charge in [0.05, 0.1) is 17.2 Å². The van der Waals surface area contributed by atoms with E-state index in [1.54, 1.807) is 13.1 Å². The zero-order chi connectivity index (χ0) is 13.8. The summed E-state index contributed by atoms with van der Waals surface area (Å²) in [5.74, 6) is -0.590. The molecule has 0 bridgehead atoms. The standard InChI is InChI=1S/C13H13F3N2O/c1-18-10-6-17-5-8(10)7-3-2-4-9(13(14,15)16)11(7)12(18)19/h2-4,8,10,17H,5-6H2,1H3/t8-,10+/m1/s1. The van der Waals surface area contributed by atoms with E-state index in [2.05, 4.69) is 5.32 Å². The van der Waals surface area contributed by atoms with Gasteiger partial charge >= 0.3 is 6.18 Å². The third kappa shape index (κ3) is 1.74. The number of hydrogen-bond donors (Lipinski definition) is 1. The smallest absolute Gasteiger partial charge is 0.337 e. The van der Waals surface area contributed by atoms with E-state index in [1.165, 1.54) is 11.0 Å². The van der Waals surface area contributed by atoms with Crippen LogP contribution in [0.15, 0.2) is 18.2 Å². The average Bonchev–Trinajstić information content (AvgIpc) is 2.83. The molecule has 0 spiro atoms. The molecule has 1 amide bonds. The molecule has 2 aliphatic rings. The van der Waals surface area contributed by atoms with E-state index < -0.39 is 17.6 Å². The number of nitrogens with zero attached hydrogens (tertiary/aromatic N) is 1. The Kier molecular flexibility index (Phi) is 2.60. The van der Waals surface area contributed by atoms with Crippen molar-refractivity contribution in [3.63, 3.8) is 0 Å². The summed E-state index contributed by atoms with van der Waals surface area (Å²) in [6.07, 6.45) is -4.50. The molecule has 0 aromatic heterocycles. The number of alkyl halides is 3. The number of amides is 1. The lowest BCUT2D eigenvalue weighted by Gasteiger charge is -2.36. The van der Waals surface area contributed by atoms with Crippen LogP contribution in [0.3, 0.4) is 0 Å². The van der Waals surface area contributed by atoms with E-state index in [0.717, 1.165) is 6.07 Å². The van der Waals surface area contributed by atoms with Crippen molar-refractivity contribution in [2.24, 2.45) is 0 Å². The van der Waals surface area contributed by atoms with E-state index in [1.807, 2.05) is 0 Å². The molecular weight excluding hydrogens is 257 g/mol. The zero-order valence-corrected chi connectivity index (χ0v) is 10.3. The van der Waals surface area contributed by atoms with Gasteiger partial charge in [-0.25, -0.2) is 0 Å². The van der Waals surface area contributed by atoms with Crippen LogP contribution in [0.1, 0.15) is 27.4 Å². The third-order valence-corrected chi connectivity index (χ3v) is 4.02. The molecule has 1 aromatic carbocycles. The van der Waals surface area contributed by atoms with Gasteiger partial charge in [-0.3, -0.25) is 4.79 Å². The number of fused-ring (bicyclic) bond motifs is 3. The fraction of sp³-hybridized carbons (Fsp3) is 0.462. The average molecular weight is 270 g/mol. The highest BCUT2D eigenvalue weighted by atomic mass is 19.4. The van der Waals surface area contributed by atoms with Crippen molar-refractivity contribution in [1.82, 2.24) is 10.2 Å². The third-order valence-electron chi connectivity index (χ3n) is 4.02. The van der Waals surface area contributed by atoms with Gasteiger partial charge in [-0.15, -0.1) is 0 Å². The van der Waals surface area contributed by atoms with Crippen molar-refractivity contribution >= 4 is 5.91 Å². The predicted octanol–water partition coefficient (Wildman–Crippen LogP) is 1.85. The van der Waals surface area contributed by atoms with Crippen LogP contribution in [-0.4, -0.2) is 37.0 Å². The molecule has 1 fully saturated rings. The second kappa shape index (κ2) is 3.96. The maximum absolute atomic E-state index is 13.0. The van der Waals surface area contributed by atoms with Crippen molar-refractivity contribution in [1.29, 1.82) is 0 Å². The number of carbonyl (C=O) groups is 1. The Morgan fingerprint density at radius 3 is 2.74 bits per heavy atom. The van der Waals surface area contributed by atoms with Crippen molar-refractivity contribution < 1.29 is 18.0 Å². The van der Waals surface area contributed by atoms with Gasteiger partial charge in [-0.05, 0) is 11.6 Å². The van der Waals surface area contributed by atoms with E-state index in [9.17, 15) is 18.0 Å². The first-order valence-electron chi connectivity index (χ1n) is 6.09. The topological polar surface area (TPSA) is 32.3 Å². The van der Waals surface area contributed by atoms with Gasteiger partial charge in [0.2, 0.25) is 0 Å². The second-order valence-electron chi connectivity index (χ2n) is 5.02. The molecule has 2 aliphatic heterocycles. The van der Waals surface area contributed by atoms with Gasteiger partial charge in [0, 0.05) is 26.1 Å². The molecule has 0 saturated carbocycles. The van der Waals surface area contributed by atoms with Gasteiger partial charge in [0.25, 0.3) is 5.91 Å². The molecule has 3 nitrogen and oxygen atoms in total. The summed E-state index contributed by atoms with van der Waals surface area (Å²) in [5, 5.41) is 3.14. The summed E-state index contributed by atoms with van der Waals surface area (Å²) in [6.45, 7) is 1.24. The number of likely N-dealkylation sites (N-methyl/N-ethyl adjacent to an activating group) is 1. The minimum atomic E-state index is -4.50. The van der Waals surface area contributed by atoms with E-state index >= 15 is 0 Å². The molecule has 2 heterocycles. The molecule has 1 aromatic rings. The van der Waals surface area contributed by atoms with Gasteiger partial charge in [0.15, 0.2) is 0 Å². The molecule has 2 atom stereocenters. The predicted molar refractivity (Wildman–Crippen MR) is 62.9 cm³/mol. The normalized spacial score (nSPS) is 26.3. The monoisotopic (exact) mass is 270 g/mol. The first-order chi connectivity index (χ1) is 8.91. The Morgan fingerprint density at radius 1 is 1.32 bits per heavy atom. The van der Waals surface area contributed by atoms with Crippen molar-refractivity contribution in [2.75, 3.05) is 20.1 Å².